The molecule has 0 fully saturated rings. The molecule has 2 heterocycles. The molecule has 1 aliphatic heterocycles. The number of benzene rings is 4. The van der Waals surface area contributed by atoms with E-state index in [2.05, 4.69) is 97.6 Å². The van der Waals surface area contributed by atoms with Gasteiger partial charge in [-0.3, -0.25) is 9.69 Å². The van der Waals surface area contributed by atoms with Gasteiger partial charge in [-0.15, -0.1) is 0 Å². The van der Waals surface area contributed by atoms with E-state index in [1.807, 2.05) is 19.1 Å². The van der Waals surface area contributed by atoms with Crippen LogP contribution in [0.4, 0.5) is 0 Å². The van der Waals surface area contributed by atoms with Gasteiger partial charge in [-0.1, -0.05) is 78.9 Å². The third-order valence-electron chi connectivity index (χ3n) is 8.97. The van der Waals surface area contributed by atoms with Crippen molar-refractivity contribution in [3.8, 4) is 34.1 Å². The Morgan fingerprint density at radius 3 is 2.22 bits per heavy atom. The highest BCUT2D eigenvalue weighted by Crippen LogP contribution is 2.36. The molecule has 0 N–H and O–H groups in total. The second-order valence-electron chi connectivity index (χ2n) is 11.8. The summed E-state index contributed by atoms with van der Waals surface area (Å²) in [6.45, 7) is 8.90. The topological polar surface area (TPSA) is 64.6 Å². The molecular weight excluding hydrogens is 570 g/mol. The van der Waals surface area contributed by atoms with E-state index in [4.69, 9.17) is 19.4 Å². The first-order valence-corrected chi connectivity index (χ1v) is 15.6. The van der Waals surface area contributed by atoms with Crippen molar-refractivity contribution in [3.63, 3.8) is 0 Å². The molecule has 6 rings (SSSR count). The van der Waals surface area contributed by atoms with Crippen LogP contribution < -0.4 is 9.47 Å². The largest absolute Gasteiger partial charge is 0.496 e. The van der Waals surface area contributed by atoms with Crippen molar-refractivity contribution in [2.24, 2.45) is 0 Å². The predicted octanol–water partition coefficient (Wildman–Crippen LogP) is 8.29. The monoisotopic (exact) mass is 609 g/mol. The lowest BCUT2D eigenvalue weighted by atomic mass is 9.91. The van der Waals surface area contributed by atoms with Crippen LogP contribution in [-0.4, -0.2) is 41.9 Å². The van der Waals surface area contributed by atoms with Gasteiger partial charge in [0.15, 0.2) is 12.1 Å². The number of rotatable bonds is 9. The van der Waals surface area contributed by atoms with Crippen LogP contribution in [0, 0.1) is 20.8 Å². The molecule has 1 aliphatic rings. The second-order valence-corrected chi connectivity index (χ2v) is 11.8. The number of aryl methyl sites for hydroxylation is 1. The predicted molar refractivity (Wildman–Crippen MR) is 185 cm³/mol. The minimum Gasteiger partial charge on any atom is -0.496 e. The summed E-state index contributed by atoms with van der Waals surface area (Å²) in [6, 6.07) is 27.1. The molecule has 0 saturated heterocycles. The van der Waals surface area contributed by atoms with E-state index in [1.54, 1.807) is 14.2 Å². The number of aromatic nitrogens is 2. The zero-order valence-electron chi connectivity index (χ0n) is 27.1. The molecule has 0 saturated carbocycles. The quantitative estimate of drug-likeness (QED) is 0.124. The van der Waals surface area contributed by atoms with Gasteiger partial charge in [-0.25, -0.2) is 4.98 Å². The summed E-state index contributed by atoms with van der Waals surface area (Å²) in [7, 11) is 3.28. The molecule has 6 nitrogen and oxygen atoms in total. The Morgan fingerprint density at radius 2 is 1.48 bits per heavy atom. The van der Waals surface area contributed by atoms with Crippen LogP contribution in [0.2, 0.25) is 0 Å². The van der Waals surface area contributed by atoms with E-state index in [-0.39, 0.29) is 0 Å². The zero-order chi connectivity index (χ0) is 32.2. The number of ether oxygens (including phenoxy) is 2. The van der Waals surface area contributed by atoms with Crippen molar-refractivity contribution < 1.29 is 14.3 Å². The molecule has 0 unspecified atom stereocenters. The van der Waals surface area contributed by atoms with Gasteiger partial charge in [0.1, 0.15) is 5.75 Å². The van der Waals surface area contributed by atoms with Gasteiger partial charge < -0.3 is 9.47 Å². The van der Waals surface area contributed by atoms with Crippen LogP contribution in [0.5, 0.6) is 11.6 Å². The van der Waals surface area contributed by atoms with Crippen LogP contribution >= 0.6 is 0 Å². The average Bonchev–Trinajstić information content (AvgIpc) is 3.08. The first-order chi connectivity index (χ1) is 22.4. The fourth-order valence-electron chi connectivity index (χ4n) is 6.36. The molecule has 0 spiro atoms. The van der Waals surface area contributed by atoms with Crippen molar-refractivity contribution in [2.45, 2.75) is 40.3 Å². The van der Waals surface area contributed by atoms with Crippen LogP contribution in [0.3, 0.4) is 0 Å². The summed E-state index contributed by atoms with van der Waals surface area (Å²) < 4.78 is 11.3. The maximum Gasteiger partial charge on any atom is 0.221 e. The fraction of sp³-hybridized carbons (Fsp3) is 0.225. The third-order valence-corrected chi connectivity index (χ3v) is 8.97. The van der Waals surface area contributed by atoms with E-state index < -0.39 is 0 Å². The second kappa shape index (κ2) is 13.5. The summed E-state index contributed by atoms with van der Waals surface area (Å²) in [5.41, 5.74) is 12.7. The molecule has 4 aromatic carbocycles. The number of hydrogen-bond acceptors (Lipinski definition) is 6. The summed E-state index contributed by atoms with van der Waals surface area (Å²) in [6.07, 6.45) is 5.88. The van der Waals surface area contributed by atoms with Crippen LogP contribution in [0.1, 0.15) is 55.0 Å². The lowest BCUT2D eigenvalue weighted by molar-refractivity contribution is 0.112. The van der Waals surface area contributed by atoms with E-state index in [9.17, 15) is 4.79 Å². The van der Waals surface area contributed by atoms with Gasteiger partial charge in [-0.2, -0.15) is 4.98 Å². The Kier molecular flexibility index (Phi) is 9.08. The fourth-order valence-corrected chi connectivity index (χ4v) is 6.36. The number of nitrogens with zero attached hydrogens (tertiary/aromatic N) is 3. The van der Waals surface area contributed by atoms with Gasteiger partial charge >= 0.3 is 0 Å². The molecular formula is C40H39N3O3. The lowest BCUT2D eigenvalue weighted by Gasteiger charge is -2.29. The van der Waals surface area contributed by atoms with E-state index in [1.165, 1.54) is 11.1 Å². The molecule has 0 amide bonds. The number of fused-ring (bicyclic) bond motifs is 1. The smallest absolute Gasteiger partial charge is 0.221 e. The molecule has 0 radical (unpaired) electrons. The minimum atomic E-state index is 0.552. The summed E-state index contributed by atoms with van der Waals surface area (Å²) in [4.78, 5) is 23.9. The van der Waals surface area contributed by atoms with E-state index >= 15 is 0 Å². The molecule has 0 atom stereocenters. The molecule has 0 aliphatic carbocycles. The number of hydrogen-bond donors (Lipinski definition) is 0. The maximum atomic E-state index is 11.4. The Balaban J connectivity index is 1.31. The highest BCUT2D eigenvalue weighted by Gasteiger charge is 2.24. The van der Waals surface area contributed by atoms with Crippen molar-refractivity contribution in [1.82, 2.24) is 14.9 Å². The Bertz CT molecular complexity index is 1910. The van der Waals surface area contributed by atoms with Crippen LogP contribution in [-0.2, 0) is 19.5 Å². The number of methoxy groups -OCH3 is 2. The Morgan fingerprint density at radius 1 is 0.761 bits per heavy atom. The van der Waals surface area contributed by atoms with E-state index in [0.29, 0.717) is 23.0 Å². The summed E-state index contributed by atoms with van der Waals surface area (Å²) >= 11 is 0. The first kappa shape index (κ1) is 30.9. The minimum absolute atomic E-state index is 0.552. The molecule has 46 heavy (non-hydrogen) atoms. The SMILES string of the molecule is COc1cc(/C=C/c2cccc(-c3cccc(-c4nc5c(c(OC)n4)CN(Cc4ccccc4)CC5)c3C)c2C)c(C)cc1C=O. The Hall–Kier alpha value is -5.07. The summed E-state index contributed by atoms with van der Waals surface area (Å²) in [5.74, 6) is 1.92. The first-order valence-electron chi connectivity index (χ1n) is 15.6. The molecule has 1 aromatic heterocycles. The normalized spacial score (nSPS) is 13.1. The van der Waals surface area contributed by atoms with Gasteiger partial charge in [0, 0.05) is 37.2 Å². The molecule has 232 valence electrons. The number of aldehydes is 1. The third kappa shape index (κ3) is 6.22. The average molecular weight is 610 g/mol. The van der Waals surface area contributed by atoms with Crippen molar-refractivity contribution in [2.75, 3.05) is 20.8 Å². The standard InChI is InChI=1S/C40H39N3O3/c1-26-21-32(25-44)38(45-4)22-31(26)18-17-30-13-9-14-33(27(30)2)34-15-10-16-35(28(34)3)39-41-37-19-20-43(23-29-11-7-6-8-12-29)24-36(37)40(42-39)46-5/h6-18,21-22,25H,19-20,23-24H2,1-5H3/b18-17+. The van der Waals surface area contributed by atoms with Crippen molar-refractivity contribution >= 4 is 18.4 Å². The van der Waals surface area contributed by atoms with Crippen LogP contribution in [0.15, 0.2) is 78.9 Å². The highest BCUT2D eigenvalue weighted by molar-refractivity contribution is 5.84. The number of carbonyl (C=O) groups excluding carboxylic acids is 1. The zero-order valence-corrected chi connectivity index (χ0v) is 27.1. The Labute approximate surface area is 271 Å². The highest BCUT2D eigenvalue weighted by atomic mass is 16.5. The van der Waals surface area contributed by atoms with E-state index in [0.717, 1.165) is 82.5 Å². The lowest BCUT2D eigenvalue weighted by Crippen LogP contribution is -2.31. The summed E-state index contributed by atoms with van der Waals surface area (Å²) in [5, 5.41) is 0. The molecule has 0 bridgehead atoms. The van der Waals surface area contributed by atoms with Crippen LogP contribution in [0.25, 0.3) is 34.7 Å². The number of carbonyl (C=O) groups is 1. The van der Waals surface area contributed by atoms with Gasteiger partial charge in [0.25, 0.3) is 0 Å². The van der Waals surface area contributed by atoms with Gasteiger partial charge in [0.05, 0.1) is 25.5 Å². The van der Waals surface area contributed by atoms with Gasteiger partial charge in [-0.05, 0) is 77.4 Å². The van der Waals surface area contributed by atoms with Gasteiger partial charge in [0.2, 0.25) is 5.88 Å². The maximum absolute atomic E-state index is 11.4. The molecule has 6 heteroatoms. The van der Waals surface area contributed by atoms with Crippen molar-refractivity contribution in [3.05, 3.63) is 129 Å². The molecule has 5 aromatic rings. The van der Waals surface area contributed by atoms with Crippen molar-refractivity contribution in [1.29, 1.82) is 0 Å².